The Kier molecular flexibility index (Phi) is 4.52. The number of hydrogen-bond donors (Lipinski definition) is 2. The first kappa shape index (κ1) is 17.1. The Balaban J connectivity index is 1.70. The first-order valence-corrected chi connectivity index (χ1v) is 8.10. The third kappa shape index (κ3) is 3.38. The zero-order valence-corrected chi connectivity index (χ0v) is 14.0. The lowest BCUT2D eigenvalue weighted by molar-refractivity contribution is -0.143. The van der Waals surface area contributed by atoms with E-state index in [1.54, 1.807) is 32.0 Å². The summed E-state index contributed by atoms with van der Waals surface area (Å²) in [5.74, 6) is -1.34. The number of benzene rings is 1. The van der Waals surface area contributed by atoms with Gasteiger partial charge >= 0.3 is 5.97 Å². The van der Waals surface area contributed by atoms with Crippen molar-refractivity contribution in [3.8, 4) is 11.5 Å². The number of fused-ring (bicyclic) bond motifs is 1. The Morgan fingerprint density at radius 1 is 1.28 bits per heavy atom. The van der Waals surface area contributed by atoms with Crippen molar-refractivity contribution in [1.82, 2.24) is 5.32 Å². The molecule has 3 rings (SSSR count). The van der Waals surface area contributed by atoms with Crippen LogP contribution in [0.3, 0.4) is 0 Å². The summed E-state index contributed by atoms with van der Waals surface area (Å²) in [5.41, 5.74) is 0.628. The predicted octanol–water partition coefficient (Wildman–Crippen LogP) is 0.994. The number of nitrogens with zero attached hydrogens (tertiary/aromatic N) is 1. The molecule has 1 fully saturated rings. The molecular formula is C17H20N2O6. The molecule has 0 aromatic heterocycles. The molecule has 0 saturated carbocycles. The van der Waals surface area contributed by atoms with Crippen LogP contribution in [0.5, 0.6) is 11.5 Å². The summed E-state index contributed by atoms with van der Waals surface area (Å²) in [5, 5.41) is 11.7. The molecule has 0 aliphatic carbocycles. The van der Waals surface area contributed by atoms with Crippen molar-refractivity contribution in [2.24, 2.45) is 11.8 Å². The van der Waals surface area contributed by atoms with Gasteiger partial charge in [-0.05, 0) is 18.1 Å². The Hall–Kier alpha value is -2.77. The van der Waals surface area contributed by atoms with Gasteiger partial charge < -0.3 is 24.8 Å². The first-order valence-electron chi connectivity index (χ1n) is 8.10. The van der Waals surface area contributed by atoms with E-state index in [0.29, 0.717) is 17.2 Å². The van der Waals surface area contributed by atoms with Crippen LogP contribution in [0.2, 0.25) is 0 Å². The number of nitrogens with one attached hydrogen (secondary N) is 1. The number of ether oxygens (including phenoxy) is 2. The van der Waals surface area contributed by atoms with Crippen molar-refractivity contribution in [3.05, 3.63) is 18.2 Å². The summed E-state index contributed by atoms with van der Waals surface area (Å²) >= 11 is 0. The number of carboxylic acids is 1. The van der Waals surface area contributed by atoms with Crippen molar-refractivity contribution in [3.63, 3.8) is 0 Å². The number of carbonyl (C=O) groups is 3. The number of amides is 2. The molecule has 25 heavy (non-hydrogen) atoms. The molecule has 2 N–H and O–H groups in total. The monoisotopic (exact) mass is 348 g/mol. The van der Waals surface area contributed by atoms with Gasteiger partial charge in [0.2, 0.25) is 18.6 Å². The van der Waals surface area contributed by atoms with Gasteiger partial charge in [0.15, 0.2) is 11.5 Å². The first-order chi connectivity index (χ1) is 11.9. The van der Waals surface area contributed by atoms with E-state index in [2.05, 4.69) is 5.32 Å². The molecule has 1 aromatic carbocycles. The van der Waals surface area contributed by atoms with Crippen LogP contribution in [0.4, 0.5) is 5.69 Å². The molecule has 1 saturated heterocycles. The van der Waals surface area contributed by atoms with Gasteiger partial charge in [-0.1, -0.05) is 13.8 Å². The maximum absolute atomic E-state index is 12.4. The van der Waals surface area contributed by atoms with E-state index in [4.69, 9.17) is 9.47 Å². The molecule has 2 amide bonds. The molecule has 2 aliphatic rings. The van der Waals surface area contributed by atoms with E-state index in [-0.39, 0.29) is 31.6 Å². The van der Waals surface area contributed by atoms with E-state index < -0.39 is 23.8 Å². The summed E-state index contributed by atoms with van der Waals surface area (Å²) in [6.45, 7) is 3.79. The molecule has 134 valence electrons. The number of anilines is 1. The van der Waals surface area contributed by atoms with Crippen LogP contribution >= 0.6 is 0 Å². The lowest BCUT2D eigenvalue weighted by Gasteiger charge is -2.20. The van der Waals surface area contributed by atoms with Crippen molar-refractivity contribution in [2.45, 2.75) is 26.3 Å². The van der Waals surface area contributed by atoms with Crippen LogP contribution in [0.15, 0.2) is 18.2 Å². The van der Waals surface area contributed by atoms with Gasteiger partial charge in [0.05, 0.1) is 5.92 Å². The maximum Gasteiger partial charge on any atom is 0.326 e. The lowest BCUT2D eigenvalue weighted by atomic mass is 10.0. The van der Waals surface area contributed by atoms with Gasteiger partial charge in [-0.3, -0.25) is 9.59 Å². The van der Waals surface area contributed by atoms with Crippen molar-refractivity contribution in [1.29, 1.82) is 0 Å². The molecule has 0 spiro atoms. The molecule has 1 aromatic rings. The molecule has 8 heteroatoms. The minimum absolute atomic E-state index is 0.0463. The Bertz CT molecular complexity index is 717. The highest BCUT2D eigenvalue weighted by Crippen LogP contribution is 2.37. The van der Waals surface area contributed by atoms with Crippen molar-refractivity contribution in [2.75, 3.05) is 18.2 Å². The molecule has 2 heterocycles. The van der Waals surface area contributed by atoms with E-state index in [1.165, 1.54) is 4.90 Å². The molecule has 2 unspecified atom stereocenters. The molecule has 8 nitrogen and oxygen atoms in total. The quantitative estimate of drug-likeness (QED) is 0.822. The second kappa shape index (κ2) is 6.62. The normalized spacial score (nSPS) is 20.0. The Labute approximate surface area is 144 Å². The largest absolute Gasteiger partial charge is 0.480 e. The van der Waals surface area contributed by atoms with Gasteiger partial charge in [0, 0.05) is 24.7 Å². The van der Waals surface area contributed by atoms with E-state index in [0.717, 1.165) is 0 Å². The minimum Gasteiger partial charge on any atom is -0.480 e. The maximum atomic E-state index is 12.4. The Morgan fingerprint density at radius 2 is 2.00 bits per heavy atom. The van der Waals surface area contributed by atoms with Crippen LogP contribution in [-0.2, 0) is 14.4 Å². The van der Waals surface area contributed by atoms with Gasteiger partial charge in [-0.15, -0.1) is 0 Å². The molecular weight excluding hydrogens is 328 g/mol. The van der Waals surface area contributed by atoms with Crippen molar-refractivity contribution < 1.29 is 29.0 Å². The molecule has 2 aliphatic heterocycles. The van der Waals surface area contributed by atoms with E-state index in [1.807, 2.05) is 0 Å². The van der Waals surface area contributed by atoms with Crippen LogP contribution in [0.25, 0.3) is 0 Å². The summed E-state index contributed by atoms with van der Waals surface area (Å²) in [7, 11) is 0. The number of aliphatic carboxylic acids is 1. The van der Waals surface area contributed by atoms with Crippen LogP contribution in [0.1, 0.15) is 20.3 Å². The number of rotatable bonds is 5. The average Bonchev–Trinajstić information content (AvgIpc) is 3.17. The standard InChI is InChI=1S/C17H20N2O6/c1-9(2)15(17(22)23)18-16(21)10-5-14(20)19(7-10)11-3-4-12-13(6-11)25-8-24-12/h3-4,6,9-10,15H,5,7-8H2,1-2H3,(H,18,21)(H,22,23). The zero-order valence-electron chi connectivity index (χ0n) is 14.0. The second-order valence-corrected chi connectivity index (χ2v) is 6.51. The highest BCUT2D eigenvalue weighted by atomic mass is 16.7. The fourth-order valence-electron chi connectivity index (χ4n) is 2.97. The van der Waals surface area contributed by atoms with E-state index >= 15 is 0 Å². The van der Waals surface area contributed by atoms with Gasteiger partial charge in [-0.25, -0.2) is 4.79 Å². The van der Waals surface area contributed by atoms with Gasteiger partial charge in [0.1, 0.15) is 6.04 Å². The zero-order chi connectivity index (χ0) is 18.1. The molecule has 0 radical (unpaired) electrons. The number of carbonyl (C=O) groups excluding carboxylic acids is 2. The Morgan fingerprint density at radius 3 is 2.68 bits per heavy atom. The molecule has 0 bridgehead atoms. The third-order valence-corrected chi connectivity index (χ3v) is 4.39. The summed E-state index contributed by atoms with van der Waals surface area (Å²) in [4.78, 5) is 37.4. The second-order valence-electron chi connectivity index (χ2n) is 6.51. The third-order valence-electron chi connectivity index (χ3n) is 4.39. The van der Waals surface area contributed by atoms with Gasteiger partial charge in [0.25, 0.3) is 0 Å². The minimum atomic E-state index is -1.08. The average molecular weight is 348 g/mol. The highest BCUT2D eigenvalue weighted by molar-refractivity contribution is 6.01. The smallest absolute Gasteiger partial charge is 0.326 e. The lowest BCUT2D eigenvalue weighted by Crippen LogP contribution is -2.47. The van der Waals surface area contributed by atoms with Crippen LogP contribution < -0.4 is 19.7 Å². The SMILES string of the molecule is CC(C)C(NC(=O)C1CC(=O)N(c2ccc3c(c2)OCO3)C1)C(=O)O. The van der Waals surface area contributed by atoms with Crippen molar-refractivity contribution >= 4 is 23.5 Å². The van der Waals surface area contributed by atoms with Crippen LogP contribution in [-0.4, -0.2) is 42.3 Å². The fraction of sp³-hybridized carbons (Fsp3) is 0.471. The molecule has 2 atom stereocenters. The summed E-state index contributed by atoms with van der Waals surface area (Å²) < 4.78 is 10.6. The topological polar surface area (TPSA) is 105 Å². The predicted molar refractivity (Wildman–Crippen MR) is 87.4 cm³/mol. The summed E-state index contributed by atoms with van der Waals surface area (Å²) in [6.07, 6.45) is 0.0463. The number of hydrogen-bond acceptors (Lipinski definition) is 5. The highest BCUT2D eigenvalue weighted by Gasteiger charge is 2.37. The fourth-order valence-corrected chi connectivity index (χ4v) is 2.97. The van der Waals surface area contributed by atoms with Crippen LogP contribution in [0, 0.1) is 11.8 Å². The summed E-state index contributed by atoms with van der Waals surface area (Å²) in [6, 6.07) is 4.19. The van der Waals surface area contributed by atoms with Gasteiger partial charge in [-0.2, -0.15) is 0 Å². The number of carboxylic acid groups (broad SMARTS) is 1. The van der Waals surface area contributed by atoms with E-state index in [9.17, 15) is 19.5 Å².